The smallest absolute Gasteiger partial charge is 0.228 e. The fraction of sp³-hybridized carbons (Fsp3) is 0.0870. The first kappa shape index (κ1) is 19.3. The van der Waals surface area contributed by atoms with E-state index in [1.807, 2.05) is 37.3 Å². The number of carbonyl (C=O) groups is 1. The van der Waals surface area contributed by atoms with Gasteiger partial charge >= 0.3 is 0 Å². The molecule has 0 aliphatic heterocycles. The van der Waals surface area contributed by atoms with Crippen molar-refractivity contribution in [2.75, 3.05) is 10.6 Å². The van der Waals surface area contributed by atoms with Crippen LogP contribution in [-0.2, 0) is 11.2 Å². The van der Waals surface area contributed by atoms with Crippen LogP contribution in [0.1, 0.15) is 11.1 Å². The molecule has 4 rings (SSSR count). The lowest BCUT2D eigenvalue weighted by molar-refractivity contribution is -0.115. The molecular weight excluding hydrogens is 381 g/mol. The second-order valence-corrected chi connectivity index (χ2v) is 6.89. The highest BCUT2D eigenvalue weighted by atomic mass is 19.1. The van der Waals surface area contributed by atoms with Gasteiger partial charge in [-0.1, -0.05) is 18.2 Å². The van der Waals surface area contributed by atoms with Crippen LogP contribution in [0.4, 0.5) is 21.7 Å². The first-order valence-corrected chi connectivity index (χ1v) is 9.44. The number of hydrogen-bond acceptors (Lipinski definition) is 4. The average Bonchev–Trinajstić information content (AvgIpc) is 3.21. The van der Waals surface area contributed by atoms with Gasteiger partial charge in [0.05, 0.1) is 18.3 Å². The van der Waals surface area contributed by atoms with Crippen LogP contribution in [0, 0.1) is 12.7 Å². The third-order valence-corrected chi connectivity index (χ3v) is 4.62. The van der Waals surface area contributed by atoms with Gasteiger partial charge in [0.1, 0.15) is 5.82 Å². The molecule has 0 radical (unpaired) electrons. The standard InChI is InChI=1S/C23H20FN5O/c1-15-2-7-19(27-22(30)12-16-3-5-18(24)6-4-16)13-20(15)28-23-26-14-21(29-23)17-8-10-25-11-9-17/h2-11,13-14H,12H2,1H3,(H,27,30)(H2,26,28,29). The Hall–Kier alpha value is -4.00. The number of imidazole rings is 1. The molecule has 4 aromatic rings. The number of hydrogen-bond donors (Lipinski definition) is 3. The first-order valence-electron chi connectivity index (χ1n) is 9.44. The SMILES string of the molecule is Cc1ccc(NC(=O)Cc2ccc(F)cc2)cc1Nc1ncc(-c2ccncc2)[nH]1. The molecule has 0 saturated heterocycles. The van der Waals surface area contributed by atoms with Crippen LogP contribution >= 0.6 is 0 Å². The molecule has 3 N–H and O–H groups in total. The van der Waals surface area contributed by atoms with Crippen molar-refractivity contribution in [3.8, 4) is 11.3 Å². The zero-order valence-electron chi connectivity index (χ0n) is 16.3. The minimum absolute atomic E-state index is 0.171. The molecule has 0 aliphatic carbocycles. The van der Waals surface area contributed by atoms with Gasteiger partial charge in [0.25, 0.3) is 0 Å². The molecule has 0 saturated carbocycles. The predicted octanol–water partition coefficient (Wildman–Crippen LogP) is 4.84. The Morgan fingerprint density at radius 2 is 1.83 bits per heavy atom. The Morgan fingerprint density at radius 1 is 1.07 bits per heavy atom. The van der Waals surface area contributed by atoms with Gasteiger partial charge in [0.15, 0.2) is 0 Å². The molecule has 2 heterocycles. The average molecular weight is 401 g/mol. The molecule has 150 valence electrons. The lowest BCUT2D eigenvalue weighted by atomic mass is 10.1. The van der Waals surface area contributed by atoms with E-state index in [0.29, 0.717) is 11.6 Å². The fourth-order valence-electron chi connectivity index (χ4n) is 3.02. The van der Waals surface area contributed by atoms with Crippen LogP contribution in [0.3, 0.4) is 0 Å². The molecule has 30 heavy (non-hydrogen) atoms. The monoisotopic (exact) mass is 401 g/mol. The van der Waals surface area contributed by atoms with Crippen molar-refractivity contribution in [1.29, 1.82) is 0 Å². The predicted molar refractivity (Wildman–Crippen MR) is 115 cm³/mol. The topological polar surface area (TPSA) is 82.7 Å². The molecule has 0 unspecified atom stereocenters. The van der Waals surface area contributed by atoms with Gasteiger partial charge in [-0.3, -0.25) is 9.78 Å². The highest BCUT2D eigenvalue weighted by Crippen LogP contribution is 2.25. The summed E-state index contributed by atoms with van der Waals surface area (Å²) in [5, 5.41) is 6.14. The molecule has 2 aromatic carbocycles. The lowest BCUT2D eigenvalue weighted by Gasteiger charge is -2.11. The van der Waals surface area contributed by atoms with Gasteiger partial charge in [-0.15, -0.1) is 0 Å². The summed E-state index contributed by atoms with van der Waals surface area (Å²) >= 11 is 0. The number of carbonyl (C=O) groups excluding carboxylic acids is 1. The number of nitrogens with zero attached hydrogens (tertiary/aromatic N) is 2. The summed E-state index contributed by atoms with van der Waals surface area (Å²) in [6.07, 6.45) is 5.38. The second kappa shape index (κ2) is 8.57. The molecule has 0 atom stereocenters. The number of aryl methyl sites for hydroxylation is 1. The molecule has 0 fully saturated rings. The quantitative estimate of drug-likeness (QED) is 0.432. The Morgan fingerprint density at radius 3 is 2.60 bits per heavy atom. The summed E-state index contributed by atoms with van der Waals surface area (Å²) in [7, 11) is 0. The maximum absolute atomic E-state index is 13.0. The Kier molecular flexibility index (Phi) is 5.52. The van der Waals surface area contributed by atoms with Crippen molar-refractivity contribution in [2.45, 2.75) is 13.3 Å². The van der Waals surface area contributed by atoms with Gasteiger partial charge in [-0.2, -0.15) is 0 Å². The minimum Gasteiger partial charge on any atom is -0.326 e. The number of benzene rings is 2. The van der Waals surface area contributed by atoms with Crippen molar-refractivity contribution >= 4 is 23.2 Å². The number of anilines is 3. The summed E-state index contributed by atoms with van der Waals surface area (Å²) in [5.74, 6) is 0.104. The maximum atomic E-state index is 13.0. The fourth-order valence-corrected chi connectivity index (χ4v) is 3.02. The number of halogens is 1. The third kappa shape index (κ3) is 4.70. The Bertz CT molecular complexity index is 1160. The van der Waals surface area contributed by atoms with E-state index in [-0.39, 0.29) is 18.1 Å². The summed E-state index contributed by atoms with van der Waals surface area (Å²) in [4.78, 5) is 24.0. The van der Waals surface area contributed by atoms with Crippen LogP contribution in [-0.4, -0.2) is 20.9 Å². The Labute approximate surface area is 173 Å². The zero-order valence-corrected chi connectivity index (χ0v) is 16.3. The van der Waals surface area contributed by atoms with E-state index in [9.17, 15) is 9.18 Å². The van der Waals surface area contributed by atoms with E-state index in [4.69, 9.17) is 0 Å². The van der Waals surface area contributed by atoms with E-state index >= 15 is 0 Å². The number of nitrogens with one attached hydrogen (secondary N) is 3. The number of amides is 1. The summed E-state index contributed by atoms with van der Waals surface area (Å²) in [5.41, 5.74) is 5.11. The van der Waals surface area contributed by atoms with Crippen molar-refractivity contribution in [3.05, 3.63) is 90.1 Å². The number of aromatic nitrogens is 3. The second-order valence-electron chi connectivity index (χ2n) is 6.89. The molecule has 1 amide bonds. The van der Waals surface area contributed by atoms with Gasteiger partial charge in [-0.05, 0) is 54.4 Å². The molecule has 2 aromatic heterocycles. The van der Waals surface area contributed by atoms with Crippen LogP contribution < -0.4 is 10.6 Å². The summed E-state index contributed by atoms with van der Waals surface area (Å²) < 4.78 is 13.0. The van der Waals surface area contributed by atoms with Gasteiger partial charge in [0.2, 0.25) is 11.9 Å². The maximum Gasteiger partial charge on any atom is 0.228 e. The number of H-pyrrole nitrogens is 1. The van der Waals surface area contributed by atoms with E-state index in [0.717, 1.165) is 28.1 Å². The van der Waals surface area contributed by atoms with Crippen molar-refractivity contribution in [2.24, 2.45) is 0 Å². The van der Waals surface area contributed by atoms with E-state index < -0.39 is 0 Å². The molecule has 0 spiro atoms. The molecule has 6 nitrogen and oxygen atoms in total. The normalized spacial score (nSPS) is 10.6. The molecule has 7 heteroatoms. The van der Waals surface area contributed by atoms with E-state index in [2.05, 4.69) is 25.6 Å². The van der Waals surface area contributed by atoms with Crippen molar-refractivity contribution in [1.82, 2.24) is 15.0 Å². The highest BCUT2D eigenvalue weighted by Gasteiger charge is 2.09. The largest absolute Gasteiger partial charge is 0.326 e. The van der Waals surface area contributed by atoms with Gasteiger partial charge in [0, 0.05) is 29.3 Å². The molecule has 0 aliphatic rings. The van der Waals surface area contributed by atoms with Gasteiger partial charge < -0.3 is 15.6 Å². The lowest BCUT2D eigenvalue weighted by Crippen LogP contribution is -2.14. The van der Waals surface area contributed by atoms with Crippen LogP contribution in [0.2, 0.25) is 0 Å². The van der Waals surface area contributed by atoms with Gasteiger partial charge in [-0.25, -0.2) is 9.37 Å². The number of aromatic amines is 1. The molecule has 0 bridgehead atoms. The Balaban J connectivity index is 1.45. The summed E-state index contributed by atoms with van der Waals surface area (Å²) in [6.45, 7) is 1.97. The van der Waals surface area contributed by atoms with E-state index in [1.165, 1.54) is 12.1 Å². The first-order chi connectivity index (χ1) is 14.6. The van der Waals surface area contributed by atoms with Crippen LogP contribution in [0.25, 0.3) is 11.3 Å². The summed E-state index contributed by atoms with van der Waals surface area (Å²) in [6, 6.07) is 15.3. The van der Waals surface area contributed by atoms with Crippen LogP contribution in [0.5, 0.6) is 0 Å². The third-order valence-electron chi connectivity index (χ3n) is 4.62. The molecular formula is C23H20FN5O. The van der Waals surface area contributed by atoms with Crippen molar-refractivity contribution in [3.63, 3.8) is 0 Å². The number of rotatable bonds is 6. The number of pyridine rings is 1. The zero-order chi connectivity index (χ0) is 20.9. The van der Waals surface area contributed by atoms with Crippen LogP contribution in [0.15, 0.2) is 73.2 Å². The van der Waals surface area contributed by atoms with E-state index in [1.54, 1.807) is 30.7 Å². The minimum atomic E-state index is -0.321. The van der Waals surface area contributed by atoms with Crippen molar-refractivity contribution < 1.29 is 9.18 Å². The highest BCUT2D eigenvalue weighted by molar-refractivity contribution is 5.93.